The van der Waals surface area contributed by atoms with Gasteiger partial charge in [-0.3, -0.25) is 0 Å². The molecule has 0 spiro atoms. The second-order valence-corrected chi connectivity index (χ2v) is 3.04. The lowest BCUT2D eigenvalue weighted by molar-refractivity contribution is 0.741. The first-order chi connectivity index (χ1) is 3.30. The molecule has 0 aliphatic carbocycles. The van der Waals surface area contributed by atoms with Gasteiger partial charge in [-0.25, -0.2) is 0 Å². The molecular formula is C3H4BNS2. The van der Waals surface area contributed by atoms with E-state index in [4.69, 9.17) is 20.2 Å². The van der Waals surface area contributed by atoms with Crippen molar-refractivity contribution in [1.82, 2.24) is 4.81 Å². The number of thiocarbonyl (C=S) groups is 1. The van der Waals surface area contributed by atoms with E-state index < -0.39 is 0 Å². The van der Waals surface area contributed by atoms with Crippen LogP contribution in [0.1, 0.15) is 0 Å². The third kappa shape index (κ3) is 1.10. The number of nitrogens with zero attached hydrogens (tertiary/aromatic N) is 1. The largest absolute Gasteiger partial charge is 0.410 e. The van der Waals surface area contributed by atoms with Crippen LogP contribution in [0.25, 0.3) is 0 Å². The lowest BCUT2D eigenvalue weighted by Gasteiger charge is -2.05. The highest BCUT2D eigenvalue weighted by Crippen LogP contribution is 2.14. The first kappa shape index (κ1) is 5.44. The number of thioether (sulfide) groups is 1. The Bertz CT molecular complexity index is 94.9. The standard InChI is InChI=1S/C3H4BNS2/c4-5-1-2-7-3(5)6/h1-2H2. The van der Waals surface area contributed by atoms with Gasteiger partial charge in [0.25, 0.3) is 0 Å². The van der Waals surface area contributed by atoms with Crippen LogP contribution in [0.4, 0.5) is 0 Å². The van der Waals surface area contributed by atoms with Gasteiger partial charge < -0.3 is 4.81 Å². The molecule has 1 aliphatic rings. The fourth-order valence-corrected chi connectivity index (χ4v) is 1.47. The summed E-state index contributed by atoms with van der Waals surface area (Å²) in [6, 6.07) is 0. The minimum absolute atomic E-state index is 0.819. The van der Waals surface area contributed by atoms with E-state index in [1.54, 1.807) is 16.6 Å². The molecule has 2 radical (unpaired) electrons. The molecule has 0 bridgehead atoms. The zero-order valence-corrected chi connectivity index (χ0v) is 5.39. The van der Waals surface area contributed by atoms with Crippen molar-refractivity contribution in [2.45, 2.75) is 0 Å². The molecule has 1 nitrogen and oxygen atoms in total. The molecule has 0 amide bonds. The van der Waals surface area contributed by atoms with E-state index in [-0.39, 0.29) is 0 Å². The van der Waals surface area contributed by atoms with Crippen molar-refractivity contribution in [3.63, 3.8) is 0 Å². The second kappa shape index (κ2) is 2.05. The first-order valence-electron chi connectivity index (χ1n) is 1.99. The maximum Gasteiger partial charge on any atom is 0.228 e. The van der Waals surface area contributed by atoms with Gasteiger partial charge in [0.1, 0.15) is 4.32 Å². The van der Waals surface area contributed by atoms with E-state index in [1.807, 2.05) is 0 Å². The SMILES string of the molecule is [B]N1CCSC1=S. The minimum atomic E-state index is 0.819. The fraction of sp³-hybridized carbons (Fsp3) is 0.667. The highest BCUT2D eigenvalue weighted by atomic mass is 32.2. The van der Waals surface area contributed by atoms with Crippen LogP contribution in [0.15, 0.2) is 0 Å². The van der Waals surface area contributed by atoms with Crippen LogP contribution < -0.4 is 0 Å². The topological polar surface area (TPSA) is 3.24 Å². The van der Waals surface area contributed by atoms with Crippen LogP contribution in [0.5, 0.6) is 0 Å². The van der Waals surface area contributed by atoms with E-state index in [1.165, 1.54) is 0 Å². The summed E-state index contributed by atoms with van der Waals surface area (Å²) >= 11 is 6.44. The molecule has 0 aromatic carbocycles. The first-order valence-corrected chi connectivity index (χ1v) is 3.39. The van der Waals surface area contributed by atoms with E-state index in [0.717, 1.165) is 16.6 Å². The molecule has 1 aliphatic heterocycles. The summed E-state index contributed by atoms with van der Waals surface area (Å²) in [5, 5.41) is 0. The van der Waals surface area contributed by atoms with Crippen LogP contribution in [-0.2, 0) is 0 Å². The zero-order chi connectivity index (χ0) is 5.28. The highest BCUT2D eigenvalue weighted by Gasteiger charge is 2.10. The van der Waals surface area contributed by atoms with Crippen molar-refractivity contribution in [1.29, 1.82) is 0 Å². The second-order valence-electron chi connectivity index (χ2n) is 1.31. The maximum absolute atomic E-state index is 5.35. The van der Waals surface area contributed by atoms with E-state index >= 15 is 0 Å². The molecule has 0 N–H and O–H groups in total. The monoisotopic (exact) mass is 129 g/mol. The zero-order valence-electron chi connectivity index (χ0n) is 3.76. The summed E-state index contributed by atoms with van der Waals surface area (Å²) in [4.78, 5) is 1.60. The van der Waals surface area contributed by atoms with E-state index in [0.29, 0.717) is 0 Å². The summed E-state index contributed by atoms with van der Waals surface area (Å²) < 4.78 is 0.819. The average molecular weight is 129 g/mol. The van der Waals surface area contributed by atoms with Gasteiger partial charge in [0, 0.05) is 12.3 Å². The predicted octanol–water partition coefficient (Wildman–Crippen LogP) is 0.404. The molecule has 0 aromatic rings. The van der Waals surface area contributed by atoms with Crippen LogP contribution in [0.2, 0.25) is 0 Å². The van der Waals surface area contributed by atoms with Crippen molar-refractivity contribution in [2.75, 3.05) is 12.3 Å². The Morgan fingerprint density at radius 3 is 2.71 bits per heavy atom. The van der Waals surface area contributed by atoms with Gasteiger partial charge in [-0.2, -0.15) is 0 Å². The molecule has 1 heterocycles. The van der Waals surface area contributed by atoms with Crippen LogP contribution in [0.3, 0.4) is 0 Å². The van der Waals surface area contributed by atoms with Crippen molar-refractivity contribution >= 4 is 36.3 Å². The Morgan fingerprint density at radius 1 is 1.86 bits per heavy atom. The van der Waals surface area contributed by atoms with Gasteiger partial charge in [0.05, 0.1) is 0 Å². The van der Waals surface area contributed by atoms with Crippen molar-refractivity contribution < 1.29 is 0 Å². The van der Waals surface area contributed by atoms with Gasteiger partial charge in [-0.1, -0.05) is 24.0 Å². The van der Waals surface area contributed by atoms with Crippen LogP contribution in [-0.4, -0.2) is 29.4 Å². The summed E-state index contributed by atoms with van der Waals surface area (Å²) in [6.07, 6.45) is 0. The summed E-state index contributed by atoms with van der Waals surface area (Å²) in [5.41, 5.74) is 0. The summed E-state index contributed by atoms with van der Waals surface area (Å²) in [6.45, 7) is 0.906. The Balaban J connectivity index is 2.48. The molecule has 1 fully saturated rings. The predicted molar refractivity (Wildman–Crippen MR) is 37.5 cm³/mol. The molecule has 0 unspecified atom stereocenters. The molecule has 0 aromatic heterocycles. The lowest BCUT2D eigenvalue weighted by Crippen LogP contribution is -2.17. The summed E-state index contributed by atoms with van der Waals surface area (Å²) in [5.74, 6) is 1.05. The van der Waals surface area contributed by atoms with Crippen molar-refractivity contribution in [2.24, 2.45) is 0 Å². The molecule has 7 heavy (non-hydrogen) atoms. The van der Waals surface area contributed by atoms with Gasteiger partial charge in [0.15, 0.2) is 0 Å². The molecule has 1 rings (SSSR count). The Labute approximate surface area is 53.9 Å². The molecule has 4 heteroatoms. The molecule has 36 valence electrons. The molecule has 1 saturated heterocycles. The normalized spacial score (nSPS) is 21.1. The minimum Gasteiger partial charge on any atom is -0.410 e. The Kier molecular flexibility index (Phi) is 1.59. The number of hydrogen-bond donors (Lipinski definition) is 0. The van der Waals surface area contributed by atoms with Gasteiger partial charge >= 0.3 is 0 Å². The van der Waals surface area contributed by atoms with Crippen molar-refractivity contribution in [3.8, 4) is 0 Å². The summed E-state index contributed by atoms with van der Waals surface area (Å²) in [7, 11) is 5.35. The van der Waals surface area contributed by atoms with Gasteiger partial charge in [-0.05, 0) is 0 Å². The third-order valence-electron chi connectivity index (χ3n) is 0.792. The molecule has 0 saturated carbocycles. The van der Waals surface area contributed by atoms with E-state index in [9.17, 15) is 0 Å². The molecule has 0 atom stereocenters. The average Bonchev–Trinajstić information content (AvgIpc) is 1.91. The third-order valence-corrected chi connectivity index (χ3v) is 2.25. The van der Waals surface area contributed by atoms with Crippen LogP contribution in [0, 0.1) is 0 Å². The smallest absolute Gasteiger partial charge is 0.228 e. The fourth-order valence-electron chi connectivity index (χ4n) is 0.406. The highest BCUT2D eigenvalue weighted by molar-refractivity contribution is 8.23. The molecular weight excluding hydrogens is 125 g/mol. The quantitative estimate of drug-likeness (QED) is 0.344. The van der Waals surface area contributed by atoms with Gasteiger partial charge in [0.2, 0.25) is 7.98 Å². The maximum atomic E-state index is 5.35. The lowest BCUT2D eigenvalue weighted by atomic mass is 10.3. The van der Waals surface area contributed by atoms with E-state index in [2.05, 4.69) is 0 Å². The Morgan fingerprint density at radius 2 is 2.57 bits per heavy atom. The number of rotatable bonds is 0. The van der Waals surface area contributed by atoms with Gasteiger partial charge in [-0.15, -0.1) is 0 Å². The Hall–Kier alpha value is 0.305. The van der Waals surface area contributed by atoms with Crippen molar-refractivity contribution in [3.05, 3.63) is 0 Å². The van der Waals surface area contributed by atoms with Crippen LogP contribution >= 0.6 is 24.0 Å². The number of hydrogen-bond acceptors (Lipinski definition) is 2.